The molecule has 0 spiro atoms. The van der Waals surface area contributed by atoms with E-state index in [1.807, 2.05) is 38.1 Å². The van der Waals surface area contributed by atoms with Crippen molar-refractivity contribution in [2.24, 2.45) is 0 Å². The van der Waals surface area contributed by atoms with Crippen LogP contribution in [0.15, 0.2) is 33.7 Å². The molecule has 1 aromatic heterocycles. The number of hydrogen-bond donors (Lipinski definition) is 1. The Morgan fingerprint density at radius 2 is 1.93 bits per heavy atom. The lowest BCUT2D eigenvalue weighted by Crippen LogP contribution is -2.53. The number of piperidine rings is 1. The number of nitrogens with zero attached hydrogens (tertiary/aromatic N) is 2. The molecule has 0 unspecified atom stereocenters. The molecule has 1 aliphatic heterocycles. The van der Waals surface area contributed by atoms with Crippen molar-refractivity contribution in [3.05, 3.63) is 46.8 Å². The van der Waals surface area contributed by atoms with E-state index in [1.165, 1.54) is 19.3 Å². The number of aromatic nitrogens is 1. The van der Waals surface area contributed by atoms with Gasteiger partial charge in [0.2, 0.25) is 0 Å². The number of amides is 1. The first-order valence-electron chi connectivity index (χ1n) is 10.1. The maximum Gasteiger partial charge on any atom is 0.252 e. The summed E-state index contributed by atoms with van der Waals surface area (Å²) in [6.07, 6.45) is 3.81. The minimum absolute atomic E-state index is 0.00746. The second-order valence-electron chi connectivity index (χ2n) is 8.13. The Labute approximate surface area is 172 Å². The van der Waals surface area contributed by atoms with Crippen molar-refractivity contribution in [3.63, 3.8) is 0 Å². The average Bonchev–Trinajstić information content (AvgIpc) is 3.03. The molecule has 1 fully saturated rings. The standard InChI is InChI=1S/C22H31N3O2S/c1-16-19(17(2)27-24-16)14-28-20-11-7-6-10-18(20)21(26)23-15-22(3,4)25-12-8-5-9-13-25/h6-7,10-11H,5,8-9,12-15H2,1-4H3,(H,23,26). The van der Waals surface area contributed by atoms with Gasteiger partial charge >= 0.3 is 0 Å². The van der Waals surface area contributed by atoms with Crippen molar-refractivity contribution in [2.75, 3.05) is 19.6 Å². The Balaban J connectivity index is 1.63. The van der Waals surface area contributed by atoms with Crippen LogP contribution in [-0.2, 0) is 5.75 Å². The molecular formula is C22H31N3O2S. The van der Waals surface area contributed by atoms with E-state index >= 15 is 0 Å². The quantitative estimate of drug-likeness (QED) is 0.688. The zero-order chi connectivity index (χ0) is 20.1. The lowest BCUT2D eigenvalue weighted by molar-refractivity contribution is 0.0795. The van der Waals surface area contributed by atoms with Gasteiger partial charge in [0.1, 0.15) is 5.76 Å². The van der Waals surface area contributed by atoms with Gasteiger partial charge in [0.05, 0.1) is 11.3 Å². The van der Waals surface area contributed by atoms with Gasteiger partial charge in [-0.3, -0.25) is 9.69 Å². The van der Waals surface area contributed by atoms with Crippen LogP contribution in [0.3, 0.4) is 0 Å². The van der Waals surface area contributed by atoms with E-state index in [4.69, 9.17) is 4.52 Å². The lowest BCUT2D eigenvalue weighted by atomic mass is 9.98. The second kappa shape index (κ2) is 9.14. The van der Waals surface area contributed by atoms with Gasteiger partial charge in [0.25, 0.3) is 5.91 Å². The van der Waals surface area contributed by atoms with E-state index in [2.05, 4.69) is 29.2 Å². The summed E-state index contributed by atoms with van der Waals surface area (Å²) in [5, 5.41) is 7.18. The van der Waals surface area contributed by atoms with Crippen molar-refractivity contribution in [3.8, 4) is 0 Å². The van der Waals surface area contributed by atoms with Gasteiger partial charge in [-0.05, 0) is 65.8 Å². The van der Waals surface area contributed by atoms with E-state index in [1.54, 1.807) is 11.8 Å². The van der Waals surface area contributed by atoms with Crippen LogP contribution in [0.25, 0.3) is 0 Å². The predicted molar refractivity (Wildman–Crippen MR) is 114 cm³/mol. The van der Waals surface area contributed by atoms with Crippen molar-refractivity contribution in [1.82, 2.24) is 15.4 Å². The largest absolute Gasteiger partial charge is 0.361 e. The van der Waals surface area contributed by atoms with Crippen LogP contribution in [-0.4, -0.2) is 41.1 Å². The molecule has 1 aliphatic rings. The Hall–Kier alpha value is -1.79. The zero-order valence-electron chi connectivity index (χ0n) is 17.4. The first kappa shape index (κ1) is 20.9. The molecule has 0 aliphatic carbocycles. The molecule has 1 saturated heterocycles. The molecule has 0 radical (unpaired) electrons. The third-order valence-corrected chi connectivity index (χ3v) is 6.68. The summed E-state index contributed by atoms with van der Waals surface area (Å²) >= 11 is 1.65. The predicted octanol–water partition coefficient (Wildman–Crippen LogP) is 4.58. The Morgan fingerprint density at radius 1 is 1.21 bits per heavy atom. The summed E-state index contributed by atoms with van der Waals surface area (Å²) in [5.41, 5.74) is 2.71. The molecule has 152 valence electrons. The van der Waals surface area contributed by atoms with Gasteiger partial charge in [0.15, 0.2) is 0 Å². The highest BCUT2D eigenvalue weighted by atomic mass is 32.2. The summed E-state index contributed by atoms with van der Waals surface area (Å²) in [7, 11) is 0. The number of likely N-dealkylation sites (tertiary alicyclic amines) is 1. The van der Waals surface area contributed by atoms with Crippen LogP contribution in [0, 0.1) is 13.8 Å². The summed E-state index contributed by atoms with van der Waals surface area (Å²) < 4.78 is 5.25. The fourth-order valence-corrected chi connectivity index (χ4v) is 4.84. The molecule has 6 heteroatoms. The average molecular weight is 402 g/mol. The molecule has 1 N–H and O–H groups in total. The van der Waals surface area contributed by atoms with Gasteiger partial charge in [-0.2, -0.15) is 0 Å². The van der Waals surface area contributed by atoms with Crippen molar-refractivity contribution in [1.29, 1.82) is 0 Å². The van der Waals surface area contributed by atoms with E-state index in [-0.39, 0.29) is 11.4 Å². The van der Waals surface area contributed by atoms with Gasteiger partial charge in [-0.15, -0.1) is 11.8 Å². The maximum atomic E-state index is 12.9. The smallest absolute Gasteiger partial charge is 0.252 e. The summed E-state index contributed by atoms with van der Waals surface area (Å²) in [4.78, 5) is 16.4. The fourth-order valence-electron chi connectivity index (χ4n) is 3.64. The van der Waals surface area contributed by atoms with Crippen LogP contribution in [0.5, 0.6) is 0 Å². The highest BCUT2D eigenvalue weighted by Gasteiger charge is 2.28. The number of rotatable bonds is 7. The number of hydrogen-bond acceptors (Lipinski definition) is 5. The van der Waals surface area contributed by atoms with E-state index < -0.39 is 0 Å². The molecule has 0 bridgehead atoms. The van der Waals surface area contributed by atoms with Crippen molar-refractivity contribution in [2.45, 2.75) is 63.1 Å². The number of carbonyl (C=O) groups excluding carboxylic acids is 1. The first-order valence-corrected chi connectivity index (χ1v) is 11.0. The molecule has 3 rings (SSSR count). The van der Waals surface area contributed by atoms with Crippen molar-refractivity contribution >= 4 is 17.7 Å². The maximum absolute atomic E-state index is 12.9. The molecule has 1 amide bonds. The number of nitrogens with one attached hydrogen (secondary N) is 1. The fraction of sp³-hybridized carbons (Fsp3) is 0.545. The van der Waals surface area contributed by atoms with E-state index in [0.29, 0.717) is 6.54 Å². The van der Waals surface area contributed by atoms with Gasteiger partial charge in [-0.25, -0.2) is 0 Å². The summed E-state index contributed by atoms with van der Waals surface area (Å²) in [5.74, 6) is 1.58. The molecule has 2 aromatic rings. The van der Waals surface area contributed by atoms with E-state index in [9.17, 15) is 4.79 Å². The van der Waals surface area contributed by atoms with Gasteiger partial charge < -0.3 is 9.84 Å². The highest BCUT2D eigenvalue weighted by Crippen LogP contribution is 2.29. The number of benzene rings is 1. The zero-order valence-corrected chi connectivity index (χ0v) is 18.2. The van der Waals surface area contributed by atoms with E-state index in [0.717, 1.165) is 46.3 Å². The normalized spacial score (nSPS) is 15.6. The molecule has 1 aromatic carbocycles. The Morgan fingerprint density at radius 3 is 2.61 bits per heavy atom. The molecule has 5 nitrogen and oxygen atoms in total. The minimum atomic E-state index is -0.0329. The Bertz CT molecular complexity index is 790. The third kappa shape index (κ3) is 4.97. The topological polar surface area (TPSA) is 58.4 Å². The molecule has 0 saturated carbocycles. The molecule has 2 heterocycles. The minimum Gasteiger partial charge on any atom is -0.361 e. The summed E-state index contributed by atoms with van der Waals surface area (Å²) in [6, 6.07) is 7.81. The number of aryl methyl sites for hydroxylation is 2. The van der Waals surface area contributed by atoms with Crippen LogP contribution < -0.4 is 5.32 Å². The van der Waals surface area contributed by atoms with Crippen LogP contribution in [0.2, 0.25) is 0 Å². The Kier molecular flexibility index (Phi) is 6.83. The molecular weight excluding hydrogens is 370 g/mol. The van der Waals surface area contributed by atoms with Gasteiger partial charge in [-0.1, -0.05) is 23.7 Å². The van der Waals surface area contributed by atoms with Crippen LogP contribution >= 0.6 is 11.8 Å². The number of carbonyl (C=O) groups is 1. The molecule has 28 heavy (non-hydrogen) atoms. The van der Waals surface area contributed by atoms with Crippen LogP contribution in [0.4, 0.5) is 0 Å². The second-order valence-corrected chi connectivity index (χ2v) is 9.15. The lowest BCUT2D eigenvalue weighted by Gasteiger charge is -2.41. The first-order chi connectivity index (χ1) is 13.4. The molecule has 0 atom stereocenters. The van der Waals surface area contributed by atoms with Gasteiger partial charge in [0, 0.05) is 28.3 Å². The highest BCUT2D eigenvalue weighted by molar-refractivity contribution is 7.98. The third-order valence-electron chi connectivity index (χ3n) is 5.58. The SMILES string of the molecule is Cc1noc(C)c1CSc1ccccc1C(=O)NCC(C)(C)N1CCCCC1. The van der Waals surface area contributed by atoms with Crippen molar-refractivity contribution < 1.29 is 9.32 Å². The number of thioether (sulfide) groups is 1. The summed E-state index contributed by atoms with van der Waals surface area (Å²) in [6.45, 7) is 11.2. The van der Waals surface area contributed by atoms with Crippen LogP contribution in [0.1, 0.15) is 60.5 Å². The monoisotopic (exact) mass is 401 g/mol.